The van der Waals surface area contributed by atoms with Crippen LogP contribution in [0.3, 0.4) is 0 Å². The third-order valence-corrected chi connectivity index (χ3v) is 1.88. The first-order chi connectivity index (χ1) is 4.68. The van der Waals surface area contributed by atoms with Crippen molar-refractivity contribution in [2.24, 2.45) is 0 Å². The van der Waals surface area contributed by atoms with Crippen molar-refractivity contribution in [3.8, 4) is 12.3 Å². The van der Waals surface area contributed by atoms with E-state index < -0.39 is 0 Å². The Balaban J connectivity index is 3.32. The van der Waals surface area contributed by atoms with E-state index in [4.69, 9.17) is 6.42 Å². The number of hydrogen-bond acceptors (Lipinski definition) is 1. The molecule has 0 bridgehead atoms. The molecule has 1 nitrogen and oxygen atoms in total. The third-order valence-electron chi connectivity index (χ3n) is 1.16. The van der Waals surface area contributed by atoms with Gasteiger partial charge < -0.3 is 5.11 Å². The van der Waals surface area contributed by atoms with Gasteiger partial charge in [-0.05, 0) is 35.4 Å². The minimum absolute atomic E-state index is 0.381. The maximum atomic E-state index is 9.18. The van der Waals surface area contributed by atoms with E-state index >= 15 is 0 Å². The summed E-state index contributed by atoms with van der Waals surface area (Å²) in [5, 5.41) is 9.18. The third kappa shape index (κ3) is 4.83. The molecule has 0 aliphatic carbocycles. The first kappa shape index (κ1) is 9.99. The Labute approximate surface area is 75.7 Å². The van der Waals surface area contributed by atoms with E-state index in [1.54, 1.807) is 0 Å². The van der Waals surface area contributed by atoms with Gasteiger partial charge in [0.1, 0.15) is 0 Å². The van der Waals surface area contributed by atoms with Crippen molar-refractivity contribution >= 4 is 22.6 Å². The van der Waals surface area contributed by atoms with E-state index in [1.807, 2.05) is 22.6 Å². The van der Waals surface area contributed by atoms with E-state index in [-0.39, 0.29) is 6.10 Å². The van der Waals surface area contributed by atoms with Gasteiger partial charge >= 0.3 is 0 Å². The second-order valence-electron chi connectivity index (χ2n) is 2.06. The normalized spacial score (nSPS) is 12.1. The van der Waals surface area contributed by atoms with Gasteiger partial charge in [-0.15, -0.1) is 12.3 Å². The van der Waals surface area contributed by atoms with Crippen LogP contribution in [0.25, 0.3) is 0 Å². The summed E-state index contributed by atoms with van der Waals surface area (Å²) in [5.74, 6) is 2.52. The summed E-state index contributed by atoms with van der Waals surface area (Å²) in [6.07, 6.45) is 6.99. The van der Waals surface area contributed by atoms with Crippen LogP contribution in [-0.2, 0) is 0 Å². The van der Waals surface area contributed by atoms with Gasteiger partial charge in [-0.3, -0.25) is 0 Å². The van der Waals surface area contributed by atoms with Crippen LogP contribution in [0.2, 0.25) is 0 Å². The molecule has 0 saturated heterocycles. The SMILES string of the molecule is C#CCCCC(O)C(=C)I. The summed E-state index contributed by atoms with van der Waals surface area (Å²) in [7, 11) is 0. The zero-order valence-corrected chi connectivity index (χ0v) is 7.97. The molecule has 0 aromatic heterocycles. The van der Waals surface area contributed by atoms with Crippen LogP contribution in [0.15, 0.2) is 10.2 Å². The smallest absolute Gasteiger partial charge is 0.0841 e. The summed E-state index contributed by atoms with van der Waals surface area (Å²) in [5.41, 5.74) is 0. The molecular weight excluding hydrogens is 239 g/mol. The van der Waals surface area contributed by atoms with Crippen molar-refractivity contribution in [2.75, 3.05) is 0 Å². The first-order valence-corrected chi connectivity index (χ1v) is 4.22. The average Bonchev–Trinajstić information content (AvgIpc) is 1.88. The molecule has 1 N–H and O–H groups in total. The molecule has 0 aromatic carbocycles. The maximum Gasteiger partial charge on any atom is 0.0841 e. The molecule has 56 valence electrons. The fraction of sp³-hybridized carbons (Fsp3) is 0.500. The van der Waals surface area contributed by atoms with Crippen LogP contribution in [0.5, 0.6) is 0 Å². The van der Waals surface area contributed by atoms with E-state index in [0.29, 0.717) is 0 Å². The van der Waals surface area contributed by atoms with E-state index in [0.717, 1.165) is 22.8 Å². The molecule has 0 aliphatic rings. The minimum atomic E-state index is -0.381. The quantitative estimate of drug-likeness (QED) is 0.460. The Kier molecular flexibility index (Phi) is 5.74. The highest BCUT2D eigenvalue weighted by atomic mass is 127. The summed E-state index contributed by atoms with van der Waals surface area (Å²) >= 11 is 2.02. The highest BCUT2D eigenvalue weighted by Crippen LogP contribution is 2.13. The number of rotatable bonds is 4. The Morgan fingerprint density at radius 1 is 1.80 bits per heavy atom. The minimum Gasteiger partial charge on any atom is -0.388 e. The molecule has 0 fully saturated rings. The molecule has 0 aromatic rings. The molecule has 0 heterocycles. The van der Waals surface area contributed by atoms with Gasteiger partial charge in [0.2, 0.25) is 0 Å². The van der Waals surface area contributed by atoms with Gasteiger partial charge in [0.25, 0.3) is 0 Å². The lowest BCUT2D eigenvalue weighted by Gasteiger charge is -2.05. The Morgan fingerprint density at radius 3 is 2.80 bits per heavy atom. The van der Waals surface area contributed by atoms with E-state index in [2.05, 4.69) is 12.5 Å². The van der Waals surface area contributed by atoms with Crippen molar-refractivity contribution in [3.05, 3.63) is 10.2 Å². The molecule has 0 rings (SSSR count). The van der Waals surface area contributed by atoms with Gasteiger partial charge in [-0.25, -0.2) is 0 Å². The van der Waals surface area contributed by atoms with Crippen LogP contribution < -0.4 is 0 Å². The molecule has 0 saturated carbocycles. The van der Waals surface area contributed by atoms with Crippen LogP contribution in [0.4, 0.5) is 0 Å². The molecule has 1 atom stereocenters. The van der Waals surface area contributed by atoms with Crippen LogP contribution >= 0.6 is 22.6 Å². The molecule has 2 heteroatoms. The summed E-state index contributed by atoms with van der Waals surface area (Å²) < 4.78 is 0.787. The lowest BCUT2D eigenvalue weighted by Crippen LogP contribution is -2.04. The van der Waals surface area contributed by atoms with Gasteiger partial charge in [0, 0.05) is 10.0 Å². The highest BCUT2D eigenvalue weighted by molar-refractivity contribution is 14.1. The molecular formula is C8H11IO. The van der Waals surface area contributed by atoms with Crippen LogP contribution in [0, 0.1) is 12.3 Å². The predicted octanol–water partition coefficient (Wildman–Crippen LogP) is 2.10. The number of aliphatic hydroxyl groups excluding tert-OH is 1. The molecule has 0 spiro atoms. The number of unbranched alkanes of at least 4 members (excludes halogenated alkanes) is 1. The van der Waals surface area contributed by atoms with Crippen molar-refractivity contribution in [2.45, 2.75) is 25.4 Å². The molecule has 0 amide bonds. The Hall–Kier alpha value is -0.0100. The van der Waals surface area contributed by atoms with Crippen molar-refractivity contribution in [1.82, 2.24) is 0 Å². The number of aliphatic hydroxyl groups is 1. The summed E-state index contributed by atoms with van der Waals surface area (Å²) in [4.78, 5) is 0. The first-order valence-electron chi connectivity index (χ1n) is 3.14. The second kappa shape index (κ2) is 5.75. The van der Waals surface area contributed by atoms with E-state index in [9.17, 15) is 5.11 Å². The number of hydrogen-bond donors (Lipinski definition) is 1. The van der Waals surface area contributed by atoms with Gasteiger partial charge in [-0.1, -0.05) is 6.58 Å². The molecule has 0 radical (unpaired) electrons. The lowest BCUT2D eigenvalue weighted by molar-refractivity contribution is 0.209. The second-order valence-corrected chi connectivity index (χ2v) is 3.44. The van der Waals surface area contributed by atoms with Crippen LogP contribution in [-0.4, -0.2) is 11.2 Å². The zero-order valence-electron chi connectivity index (χ0n) is 5.81. The van der Waals surface area contributed by atoms with E-state index in [1.165, 1.54) is 0 Å². The average molecular weight is 250 g/mol. The fourth-order valence-corrected chi connectivity index (χ4v) is 0.865. The Bertz CT molecular complexity index is 146. The summed E-state index contributed by atoms with van der Waals surface area (Å²) in [6.45, 7) is 3.62. The monoisotopic (exact) mass is 250 g/mol. The zero-order chi connectivity index (χ0) is 7.98. The number of halogens is 1. The topological polar surface area (TPSA) is 20.2 Å². The molecule has 0 aliphatic heterocycles. The molecule has 10 heavy (non-hydrogen) atoms. The van der Waals surface area contributed by atoms with Gasteiger partial charge in [0.15, 0.2) is 0 Å². The van der Waals surface area contributed by atoms with Crippen LogP contribution in [0.1, 0.15) is 19.3 Å². The Morgan fingerprint density at radius 2 is 2.40 bits per heavy atom. The highest BCUT2D eigenvalue weighted by Gasteiger charge is 2.03. The van der Waals surface area contributed by atoms with Crippen molar-refractivity contribution in [1.29, 1.82) is 0 Å². The van der Waals surface area contributed by atoms with Gasteiger partial charge in [-0.2, -0.15) is 0 Å². The predicted molar refractivity (Wildman–Crippen MR) is 51.9 cm³/mol. The standard InChI is InChI=1S/C8H11IO/c1-3-4-5-6-8(10)7(2)9/h1,8,10H,2,4-6H2. The van der Waals surface area contributed by atoms with Crippen molar-refractivity contribution in [3.63, 3.8) is 0 Å². The summed E-state index contributed by atoms with van der Waals surface area (Å²) in [6, 6.07) is 0. The van der Waals surface area contributed by atoms with Crippen molar-refractivity contribution < 1.29 is 5.11 Å². The fourth-order valence-electron chi connectivity index (χ4n) is 0.554. The number of terminal acetylenes is 1. The molecule has 1 unspecified atom stereocenters. The van der Waals surface area contributed by atoms with Gasteiger partial charge in [0.05, 0.1) is 6.10 Å². The largest absolute Gasteiger partial charge is 0.388 e. The lowest BCUT2D eigenvalue weighted by atomic mass is 10.1. The maximum absolute atomic E-state index is 9.18.